The predicted molar refractivity (Wildman–Crippen MR) is 83.4 cm³/mol. The fourth-order valence-corrected chi connectivity index (χ4v) is 2.18. The number of carbonyl (C=O) groups excluding carboxylic acids is 1. The van der Waals surface area contributed by atoms with Crippen molar-refractivity contribution in [3.8, 4) is 11.5 Å². The van der Waals surface area contributed by atoms with Gasteiger partial charge in [-0.1, -0.05) is 0 Å². The number of hydrogen-bond acceptors (Lipinski definition) is 4. The van der Waals surface area contributed by atoms with Crippen LogP contribution in [0.5, 0.6) is 11.5 Å². The predicted octanol–water partition coefficient (Wildman–Crippen LogP) is 3.52. The molecule has 0 spiro atoms. The van der Waals surface area contributed by atoms with E-state index in [4.69, 9.17) is 13.9 Å². The summed E-state index contributed by atoms with van der Waals surface area (Å²) in [5, 5.41) is 0. The Morgan fingerprint density at radius 2 is 2.09 bits per heavy atom. The van der Waals surface area contributed by atoms with E-state index >= 15 is 0 Å². The first-order valence-electron chi connectivity index (χ1n) is 7.19. The van der Waals surface area contributed by atoms with Crippen LogP contribution in [0.3, 0.4) is 0 Å². The number of methoxy groups -OCH3 is 1. The van der Waals surface area contributed by atoms with Gasteiger partial charge in [-0.25, -0.2) is 0 Å². The number of furan rings is 1. The summed E-state index contributed by atoms with van der Waals surface area (Å²) >= 11 is 0. The van der Waals surface area contributed by atoms with Crippen LogP contribution >= 0.6 is 0 Å². The number of hydrogen-bond donors (Lipinski definition) is 0. The molecule has 1 unspecified atom stereocenters. The Bertz CT molecular complexity index is 622. The quantitative estimate of drug-likeness (QED) is 0.819. The molecule has 118 valence electrons. The zero-order valence-electron chi connectivity index (χ0n) is 13.3. The van der Waals surface area contributed by atoms with Crippen molar-refractivity contribution >= 4 is 5.91 Å². The van der Waals surface area contributed by atoms with Crippen molar-refractivity contribution in [3.63, 3.8) is 0 Å². The third-order valence-electron chi connectivity index (χ3n) is 3.57. The van der Waals surface area contributed by atoms with Gasteiger partial charge < -0.3 is 18.8 Å². The van der Waals surface area contributed by atoms with Crippen molar-refractivity contribution in [2.75, 3.05) is 20.8 Å². The molecule has 1 amide bonds. The average molecular weight is 303 g/mol. The van der Waals surface area contributed by atoms with Gasteiger partial charge in [0, 0.05) is 12.6 Å². The maximum atomic E-state index is 12.6. The summed E-state index contributed by atoms with van der Waals surface area (Å²) in [5.41, 5.74) is 0.546. The van der Waals surface area contributed by atoms with E-state index in [9.17, 15) is 4.79 Å². The summed E-state index contributed by atoms with van der Waals surface area (Å²) in [5.74, 6) is 1.82. The lowest BCUT2D eigenvalue weighted by molar-refractivity contribution is 0.0725. The Hall–Kier alpha value is -2.43. The van der Waals surface area contributed by atoms with Gasteiger partial charge in [0.05, 0.1) is 26.0 Å². The zero-order chi connectivity index (χ0) is 16.1. The third-order valence-corrected chi connectivity index (χ3v) is 3.57. The monoisotopic (exact) mass is 303 g/mol. The van der Waals surface area contributed by atoms with Gasteiger partial charge in [-0.2, -0.15) is 0 Å². The van der Waals surface area contributed by atoms with Crippen LogP contribution in [0.2, 0.25) is 0 Å². The Kier molecular flexibility index (Phi) is 5.09. The molecule has 22 heavy (non-hydrogen) atoms. The van der Waals surface area contributed by atoms with Crippen LogP contribution in [0.4, 0.5) is 0 Å². The Morgan fingerprint density at radius 3 is 2.68 bits per heavy atom. The van der Waals surface area contributed by atoms with Crippen molar-refractivity contribution in [1.29, 1.82) is 0 Å². The number of carbonyl (C=O) groups is 1. The second kappa shape index (κ2) is 7.02. The number of nitrogens with zero attached hydrogens (tertiary/aromatic N) is 1. The number of rotatable bonds is 6. The molecule has 0 saturated heterocycles. The fraction of sp³-hybridized carbons (Fsp3) is 0.353. The SMILES string of the molecule is CCOc1cc(C(=O)N(C)C(C)c2ccco2)ccc1OC. The van der Waals surface area contributed by atoms with Crippen molar-refractivity contribution in [1.82, 2.24) is 4.90 Å². The first-order chi connectivity index (χ1) is 10.6. The summed E-state index contributed by atoms with van der Waals surface area (Å²) in [6.45, 7) is 4.31. The smallest absolute Gasteiger partial charge is 0.254 e. The maximum Gasteiger partial charge on any atom is 0.254 e. The van der Waals surface area contributed by atoms with Crippen molar-refractivity contribution in [3.05, 3.63) is 47.9 Å². The highest BCUT2D eigenvalue weighted by Crippen LogP contribution is 2.29. The minimum Gasteiger partial charge on any atom is -0.493 e. The first kappa shape index (κ1) is 15.9. The molecule has 2 rings (SSSR count). The lowest BCUT2D eigenvalue weighted by Gasteiger charge is -2.23. The Labute approximate surface area is 130 Å². The zero-order valence-corrected chi connectivity index (χ0v) is 13.3. The molecule has 0 saturated carbocycles. The molecule has 1 heterocycles. The maximum absolute atomic E-state index is 12.6. The molecule has 0 aliphatic rings. The van der Waals surface area contributed by atoms with Crippen LogP contribution in [0.25, 0.3) is 0 Å². The van der Waals surface area contributed by atoms with Gasteiger partial charge in [-0.15, -0.1) is 0 Å². The van der Waals surface area contributed by atoms with Crippen LogP contribution in [0.15, 0.2) is 41.0 Å². The standard InChI is InChI=1S/C17H21NO4/c1-5-21-16-11-13(8-9-15(16)20-4)17(19)18(3)12(2)14-7-6-10-22-14/h6-12H,5H2,1-4H3. The lowest BCUT2D eigenvalue weighted by Crippen LogP contribution is -2.29. The number of amides is 1. The van der Waals surface area contributed by atoms with E-state index in [2.05, 4.69) is 0 Å². The van der Waals surface area contributed by atoms with Crippen LogP contribution in [0, 0.1) is 0 Å². The Morgan fingerprint density at radius 1 is 1.32 bits per heavy atom. The van der Waals surface area contributed by atoms with Gasteiger partial charge in [0.15, 0.2) is 11.5 Å². The molecule has 5 heteroatoms. The van der Waals surface area contributed by atoms with E-state index in [1.165, 1.54) is 0 Å². The van der Waals surface area contributed by atoms with E-state index in [-0.39, 0.29) is 11.9 Å². The molecule has 0 N–H and O–H groups in total. The minimum atomic E-state index is -0.153. The summed E-state index contributed by atoms with van der Waals surface area (Å²) in [6.07, 6.45) is 1.60. The van der Waals surface area contributed by atoms with E-state index in [1.54, 1.807) is 43.5 Å². The molecule has 0 radical (unpaired) electrons. The first-order valence-corrected chi connectivity index (χ1v) is 7.19. The second-order valence-corrected chi connectivity index (χ2v) is 4.91. The van der Waals surface area contributed by atoms with Gasteiger partial charge in [0.1, 0.15) is 5.76 Å². The average Bonchev–Trinajstić information content (AvgIpc) is 3.07. The van der Waals surface area contributed by atoms with Gasteiger partial charge in [-0.05, 0) is 44.2 Å². The van der Waals surface area contributed by atoms with Crippen molar-refractivity contribution < 1.29 is 18.7 Å². The molecule has 5 nitrogen and oxygen atoms in total. The number of ether oxygens (including phenoxy) is 2. The van der Waals surface area contributed by atoms with Crippen LogP contribution in [-0.4, -0.2) is 31.6 Å². The molecule has 0 bridgehead atoms. The molecule has 0 fully saturated rings. The summed E-state index contributed by atoms with van der Waals surface area (Å²) < 4.78 is 16.1. The molecule has 1 atom stereocenters. The summed E-state index contributed by atoms with van der Waals surface area (Å²) in [6, 6.07) is 8.69. The van der Waals surface area contributed by atoms with Gasteiger partial charge in [0.25, 0.3) is 5.91 Å². The highest BCUT2D eigenvalue weighted by atomic mass is 16.5. The van der Waals surface area contributed by atoms with Crippen LogP contribution in [-0.2, 0) is 0 Å². The molecule has 1 aromatic heterocycles. The lowest BCUT2D eigenvalue weighted by atomic mass is 10.1. The second-order valence-electron chi connectivity index (χ2n) is 4.91. The third kappa shape index (κ3) is 3.24. The highest BCUT2D eigenvalue weighted by molar-refractivity contribution is 5.95. The topological polar surface area (TPSA) is 51.9 Å². The largest absolute Gasteiger partial charge is 0.493 e. The van der Waals surface area contributed by atoms with E-state index in [0.29, 0.717) is 23.7 Å². The normalized spacial score (nSPS) is 11.8. The Balaban J connectivity index is 2.23. The highest BCUT2D eigenvalue weighted by Gasteiger charge is 2.21. The van der Waals surface area contributed by atoms with Crippen molar-refractivity contribution in [2.24, 2.45) is 0 Å². The van der Waals surface area contributed by atoms with Crippen LogP contribution < -0.4 is 9.47 Å². The molecule has 1 aromatic carbocycles. The van der Waals surface area contributed by atoms with E-state index in [1.807, 2.05) is 26.0 Å². The van der Waals surface area contributed by atoms with Gasteiger partial charge >= 0.3 is 0 Å². The molecule has 2 aromatic rings. The number of benzene rings is 1. The fourth-order valence-electron chi connectivity index (χ4n) is 2.18. The molecular formula is C17H21NO4. The van der Waals surface area contributed by atoms with Gasteiger partial charge in [-0.3, -0.25) is 4.79 Å². The van der Waals surface area contributed by atoms with Crippen LogP contribution in [0.1, 0.15) is 36.0 Å². The molecular weight excluding hydrogens is 282 g/mol. The van der Waals surface area contributed by atoms with E-state index in [0.717, 1.165) is 5.76 Å². The van der Waals surface area contributed by atoms with Crippen molar-refractivity contribution in [2.45, 2.75) is 19.9 Å². The summed E-state index contributed by atoms with van der Waals surface area (Å²) in [4.78, 5) is 14.3. The minimum absolute atomic E-state index is 0.104. The van der Waals surface area contributed by atoms with E-state index < -0.39 is 0 Å². The molecule has 0 aliphatic heterocycles. The summed E-state index contributed by atoms with van der Waals surface area (Å²) in [7, 11) is 3.32. The molecule has 0 aliphatic carbocycles. The van der Waals surface area contributed by atoms with Gasteiger partial charge in [0.2, 0.25) is 0 Å².